The first-order valence-electron chi connectivity index (χ1n) is 7.59. The van der Waals surface area contributed by atoms with Gasteiger partial charge in [-0.1, -0.05) is 0 Å². The Morgan fingerprint density at radius 1 is 1.19 bits per heavy atom. The molecule has 0 fully saturated rings. The van der Waals surface area contributed by atoms with Gasteiger partial charge in [-0.3, -0.25) is 14.8 Å². The summed E-state index contributed by atoms with van der Waals surface area (Å²) in [7, 11) is -4.10. The zero-order valence-corrected chi connectivity index (χ0v) is 16.3. The van der Waals surface area contributed by atoms with Crippen LogP contribution >= 0.6 is 15.9 Å². The van der Waals surface area contributed by atoms with Crippen molar-refractivity contribution < 1.29 is 17.7 Å². The molecule has 0 unspecified atom stereocenters. The molecule has 1 aromatic heterocycles. The molecule has 0 aliphatic carbocycles. The average molecular weight is 454 g/mol. The molecule has 0 spiro atoms. The van der Waals surface area contributed by atoms with E-state index in [4.69, 9.17) is 0 Å². The summed E-state index contributed by atoms with van der Waals surface area (Å²) in [5.41, 5.74) is 0.475. The molecular weight excluding hydrogens is 441 g/mol. The Bertz CT molecular complexity index is 1130. The molecule has 0 atom stereocenters. The summed E-state index contributed by atoms with van der Waals surface area (Å²) in [5, 5.41) is 11.1. The maximum Gasteiger partial charge on any atom is 0.271 e. The lowest BCUT2D eigenvalue weighted by Crippen LogP contribution is -2.16. The fourth-order valence-corrected chi connectivity index (χ4v) is 4.15. The van der Waals surface area contributed by atoms with Gasteiger partial charge in [0.15, 0.2) is 0 Å². The molecule has 1 N–H and O–H groups in total. The third-order valence-electron chi connectivity index (χ3n) is 3.84. The van der Waals surface area contributed by atoms with Crippen molar-refractivity contribution in [3.05, 3.63) is 80.8 Å². The number of benzene rings is 2. The van der Waals surface area contributed by atoms with Gasteiger partial charge in [0.2, 0.25) is 0 Å². The van der Waals surface area contributed by atoms with Gasteiger partial charge in [-0.2, -0.15) is 0 Å². The normalized spacial score (nSPS) is 11.4. The molecule has 0 saturated heterocycles. The van der Waals surface area contributed by atoms with Crippen molar-refractivity contribution in [3.63, 3.8) is 0 Å². The number of sulfonamides is 1. The lowest BCUT2D eigenvalue weighted by atomic mass is 10.2. The topological polar surface area (TPSA) is 94.2 Å². The standard InChI is InChI=1S/C17H13BrFN3O4S/c1-11-8-14(19)13(18)10-15(11)20-27(25,26)17-5-4-12(22(23)24)9-16(17)21-6-2-3-7-21/h2-10,20H,1H3. The molecular formula is C17H13BrFN3O4S. The number of nitro groups is 1. The maximum atomic E-state index is 13.6. The smallest absolute Gasteiger partial charge is 0.271 e. The molecule has 1 heterocycles. The average Bonchev–Trinajstić information content (AvgIpc) is 3.13. The zero-order chi connectivity index (χ0) is 19.8. The first-order chi connectivity index (χ1) is 12.7. The van der Waals surface area contributed by atoms with Gasteiger partial charge in [0, 0.05) is 24.5 Å². The number of hydrogen-bond acceptors (Lipinski definition) is 4. The van der Waals surface area contributed by atoms with E-state index in [-0.39, 0.29) is 26.4 Å². The summed E-state index contributed by atoms with van der Waals surface area (Å²) in [5.74, 6) is -0.515. The second-order valence-electron chi connectivity index (χ2n) is 5.69. The predicted molar refractivity (Wildman–Crippen MR) is 102 cm³/mol. The Kier molecular flexibility index (Phi) is 5.03. The van der Waals surface area contributed by atoms with E-state index in [1.807, 2.05) is 0 Å². The van der Waals surface area contributed by atoms with E-state index in [1.54, 1.807) is 31.5 Å². The van der Waals surface area contributed by atoms with E-state index >= 15 is 0 Å². The number of nitrogens with zero attached hydrogens (tertiary/aromatic N) is 2. The fourth-order valence-electron chi connectivity index (χ4n) is 2.50. The second kappa shape index (κ2) is 7.12. The van der Waals surface area contributed by atoms with Crippen LogP contribution in [0.4, 0.5) is 15.8 Å². The Hall–Kier alpha value is -2.72. The Morgan fingerprint density at radius 2 is 1.85 bits per heavy atom. The highest BCUT2D eigenvalue weighted by atomic mass is 79.9. The van der Waals surface area contributed by atoms with Gasteiger partial charge in [0.1, 0.15) is 10.7 Å². The van der Waals surface area contributed by atoms with Crippen molar-refractivity contribution in [2.24, 2.45) is 0 Å². The van der Waals surface area contributed by atoms with Crippen LogP contribution in [0.1, 0.15) is 5.56 Å². The van der Waals surface area contributed by atoms with Crippen LogP contribution in [0, 0.1) is 22.9 Å². The van der Waals surface area contributed by atoms with Gasteiger partial charge in [-0.05, 0) is 58.7 Å². The minimum Gasteiger partial charge on any atom is -0.322 e. The van der Waals surface area contributed by atoms with Gasteiger partial charge in [0.25, 0.3) is 15.7 Å². The highest BCUT2D eigenvalue weighted by Gasteiger charge is 2.23. The van der Waals surface area contributed by atoms with Crippen molar-refractivity contribution >= 4 is 37.3 Å². The molecule has 0 aliphatic heterocycles. The molecule has 3 aromatic rings. The molecule has 140 valence electrons. The van der Waals surface area contributed by atoms with E-state index in [0.717, 1.165) is 6.07 Å². The summed E-state index contributed by atoms with van der Waals surface area (Å²) in [6, 6.07) is 9.34. The van der Waals surface area contributed by atoms with Crippen molar-refractivity contribution in [1.82, 2.24) is 4.57 Å². The monoisotopic (exact) mass is 453 g/mol. The number of non-ortho nitro benzene ring substituents is 1. The van der Waals surface area contributed by atoms with Crippen LogP contribution in [0.5, 0.6) is 0 Å². The van der Waals surface area contributed by atoms with E-state index in [2.05, 4.69) is 20.7 Å². The van der Waals surface area contributed by atoms with Crippen LogP contribution < -0.4 is 4.72 Å². The molecule has 3 rings (SSSR count). The number of rotatable bonds is 5. The number of halogens is 2. The summed E-state index contributed by atoms with van der Waals surface area (Å²) in [6.45, 7) is 1.57. The van der Waals surface area contributed by atoms with Gasteiger partial charge in [-0.15, -0.1) is 0 Å². The van der Waals surface area contributed by atoms with Crippen LogP contribution in [0.3, 0.4) is 0 Å². The van der Waals surface area contributed by atoms with Gasteiger partial charge in [-0.25, -0.2) is 12.8 Å². The number of nitrogens with one attached hydrogen (secondary N) is 1. The largest absolute Gasteiger partial charge is 0.322 e. The maximum absolute atomic E-state index is 13.6. The van der Waals surface area contributed by atoms with E-state index in [1.165, 1.54) is 28.8 Å². The quantitative estimate of drug-likeness (QED) is 0.457. The summed E-state index contributed by atoms with van der Waals surface area (Å²) in [6.07, 6.45) is 3.16. The Labute approximate surface area is 162 Å². The first-order valence-corrected chi connectivity index (χ1v) is 9.87. The Balaban J connectivity index is 2.12. The van der Waals surface area contributed by atoms with Gasteiger partial charge >= 0.3 is 0 Å². The molecule has 10 heteroatoms. The third kappa shape index (κ3) is 3.86. The number of aryl methyl sites for hydroxylation is 1. The fraction of sp³-hybridized carbons (Fsp3) is 0.0588. The lowest BCUT2D eigenvalue weighted by Gasteiger charge is -2.15. The van der Waals surface area contributed by atoms with E-state index in [9.17, 15) is 22.9 Å². The van der Waals surface area contributed by atoms with Crippen LogP contribution in [-0.2, 0) is 10.0 Å². The predicted octanol–water partition coefficient (Wildman–Crippen LogP) is 4.40. The third-order valence-corrected chi connectivity index (χ3v) is 5.86. The minimum atomic E-state index is -4.10. The van der Waals surface area contributed by atoms with Gasteiger partial charge in [0.05, 0.1) is 20.8 Å². The molecule has 27 heavy (non-hydrogen) atoms. The zero-order valence-electron chi connectivity index (χ0n) is 13.9. The van der Waals surface area contributed by atoms with Crippen molar-refractivity contribution in [2.45, 2.75) is 11.8 Å². The van der Waals surface area contributed by atoms with Crippen LogP contribution in [0.15, 0.2) is 64.2 Å². The van der Waals surface area contributed by atoms with Crippen LogP contribution in [0.25, 0.3) is 5.69 Å². The first kappa shape index (κ1) is 19.1. The molecule has 0 radical (unpaired) electrons. The van der Waals surface area contributed by atoms with Crippen molar-refractivity contribution in [3.8, 4) is 5.69 Å². The molecule has 2 aromatic carbocycles. The van der Waals surface area contributed by atoms with Crippen molar-refractivity contribution in [2.75, 3.05) is 4.72 Å². The minimum absolute atomic E-state index is 0.111. The highest BCUT2D eigenvalue weighted by Crippen LogP contribution is 2.30. The second-order valence-corrected chi connectivity index (χ2v) is 8.19. The molecule has 0 aliphatic rings. The number of hydrogen-bond donors (Lipinski definition) is 1. The molecule has 0 saturated carbocycles. The van der Waals surface area contributed by atoms with Crippen molar-refractivity contribution in [1.29, 1.82) is 0 Å². The number of anilines is 1. The highest BCUT2D eigenvalue weighted by molar-refractivity contribution is 9.10. The summed E-state index contributed by atoms with van der Waals surface area (Å²) >= 11 is 3.03. The molecule has 7 nitrogen and oxygen atoms in total. The number of aromatic nitrogens is 1. The summed E-state index contributed by atoms with van der Waals surface area (Å²) in [4.78, 5) is 10.3. The van der Waals surface area contributed by atoms with Gasteiger partial charge < -0.3 is 4.57 Å². The Morgan fingerprint density at radius 3 is 2.48 bits per heavy atom. The summed E-state index contributed by atoms with van der Waals surface area (Å²) < 4.78 is 43.5. The molecule has 0 bridgehead atoms. The van der Waals surface area contributed by atoms with Crippen LogP contribution in [-0.4, -0.2) is 17.9 Å². The lowest BCUT2D eigenvalue weighted by molar-refractivity contribution is -0.384. The van der Waals surface area contributed by atoms with E-state index < -0.39 is 20.8 Å². The van der Waals surface area contributed by atoms with Crippen LogP contribution in [0.2, 0.25) is 0 Å². The SMILES string of the molecule is Cc1cc(F)c(Br)cc1NS(=O)(=O)c1ccc([N+](=O)[O-])cc1-n1cccc1. The van der Waals surface area contributed by atoms with E-state index in [0.29, 0.717) is 5.56 Å². The molecule has 0 amide bonds. The number of nitro benzene ring substituents is 1.